The van der Waals surface area contributed by atoms with Gasteiger partial charge in [0.05, 0.1) is 24.2 Å². The summed E-state index contributed by atoms with van der Waals surface area (Å²) in [6.07, 6.45) is 0.317. The van der Waals surface area contributed by atoms with Gasteiger partial charge in [-0.15, -0.1) is 0 Å². The number of benzene rings is 1. The van der Waals surface area contributed by atoms with E-state index in [4.69, 9.17) is 4.74 Å². The van der Waals surface area contributed by atoms with E-state index in [1.165, 1.54) is 25.3 Å². The molecule has 1 aliphatic heterocycles. The number of carbonyl (C=O) groups excluding carboxylic acids is 1. The Labute approximate surface area is 154 Å². The first-order valence-corrected chi connectivity index (χ1v) is 11.4. The van der Waals surface area contributed by atoms with Crippen LogP contribution in [0.4, 0.5) is 0 Å². The van der Waals surface area contributed by atoms with Crippen LogP contribution in [0.3, 0.4) is 0 Å². The zero-order valence-corrected chi connectivity index (χ0v) is 16.8. The highest BCUT2D eigenvalue weighted by atomic mass is 32.2. The first-order valence-electron chi connectivity index (χ1n) is 8.11. The van der Waals surface area contributed by atoms with Crippen molar-refractivity contribution in [3.05, 3.63) is 23.8 Å². The van der Waals surface area contributed by atoms with Crippen molar-refractivity contribution in [2.45, 2.75) is 43.7 Å². The van der Waals surface area contributed by atoms with Crippen molar-refractivity contribution in [1.29, 1.82) is 0 Å². The molecule has 1 fully saturated rings. The topological polar surface area (TPSA) is 119 Å². The van der Waals surface area contributed by atoms with Gasteiger partial charge in [-0.25, -0.2) is 21.6 Å². The second-order valence-electron chi connectivity index (χ2n) is 7.00. The zero-order valence-electron chi connectivity index (χ0n) is 15.2. The molecule has 1 atom stereocenters. The number of rotatable bonds is 6. The fraction of sp³-hybridized carbons (Fsp3) is 0.562. The van der Waals surface area contributed by atoms with Gasteiger partial charge in [0, 0.05) is 11.6 Å². The Balaban J connectivity index is 2.33. The van der Waals surface area contributed by atoms with Crippen LogP contribution in [0.1, 0.15) is 37.6 Å². The van der Waals surface area contributed by atoms with Crippen LogP contribution in [0.5, 0.6) is 5.75 Å². The molecule has 146 valence electrons. The van der Waals surface area contributed by atoms with E-state index in [-0.39, 0.29) is 33.8 Å². The van der Waals surface area contributed by atoms with E-state index in [2.05, 4.69) is 10.0 Å². The molecule has 1 heterocycles. The summed E-state index contributed by atoms with van der Waals surface area (Å²) in [5, 5.41) is 2.71. The second kappa shape index (κ2) is 7.16. The average Bonchev–Trinajstić information content (AvgIpc) is 2.78. The molecule has 1 unspecified atom stereocenters. The number of hydrogen-bond donors (Lipinski definition) is 2. The van der Waals surface area contributed by atoms with Crippen LogP contribution >= 0.6 is 0 Å². The molecule has 1 aromatic rings. The lowest BCUT2D eigenvalue weighted by atomic mass is 10.0. The third-order valence-corrected chi connectivity index (χ3v) is 7.61. The van der Waals surface area contributed by atoms with Gasteiger partial charge in [0.25, 0.3) is 5.91 Å². The molecule has 2 N–H and O–H groups in total. The van der Waals surface area contributed by atoms with Crippen LogP contribution in [-0.4, -0.2) is 52.9 Å². The van der Waals surface area contributed by atoms with Gasteiger partial charge in [-0.1, -0.05) is 0 Å². The molecule has 0 aliphatic carbocycles. The molecular weight excluding hydrogens is 380 g/mol. The van der Waals surface area contributed by atoms with Gasteiger partial charge in [0.15, 0.2) is 9.84 Å². The quantitative estimate of drug-likeness (QED) is 0.720. The molecule has 0 spiro atoms. The lowest BCUT2D eigenvalue weighted by Crippen LogP contribution is -2.47. The van der Waals surface area contributed by atoms with Crippen LogP contribution in [0.2, 0.25) is 0 Å². The molecule has 1 saturated heterocycles. The molecule has 0 bridgehead atoms. The number of hydrogen-bond acceptors (Lipinski definition) is 6. The number of amides is 1. The molecule has 1 amide bonds. The molecule has 0 saturated carbocycles. The summed E-state index contributed by atoms with van der Waals surface area (Å²) >= 11 is 0. The standard InChI is InChI=1S/C16H24N2O6S2/c1-11(2)18-26(22,23)14-9-12(5-6-13(14)24-4)15(19)17-16(3)7-8-25(20,21)10-16/h5-6,9,11,18H,7-8,10H2,1-4H3,(H,17,19). The Morgan fingerprint density at radius 1 is 1.31 bits per heavy atom. The van der Waals surface area contributed by atoms with Crippen molar-refractivity contribution < 1.29 is 26.4 Å². The third-order valence-electron chi connectivity index (χ3n) is 4.02. The Morgan fingerprint density at radius 2 is 1.96 bits per heavy atom. The highest BCUT2D eigenvalue weighted by Crippen LogP contribution is 2.27. The average molecular weight is 405 g/mol. The van der Waals surface area contributed by atoms with Gasteiger partial charge in [-0.05, 0) is 45.4 Å². The lowest BCUT2D eigenvalue weighted by molar-refractivity contribution is 0.0915. The fourth-order valence-electron chi connectivity index (χ4n) is 2.86. The molecule has 2 rings (SSSR count). The van der Waals surface area contributed by atoms with E-state index in [1.54, 1.807) is 20.8 Å². The minimum Gasteiger partial charge on any atom is -0.495 e. The first-order chi connectivity index (χ1) is 11.9. The Hall–Kier alpha value is -1.65. The maximum absolute atomic E-state index is 12.6. The second-order valence-corrected chi connectivity index (χ2v) is 10.9. The zero-order chi connectivity index (χ0) is 19.8. The summed E-state index contributed by atoms with van der Waals surface area (Å²) in [4.78, 5) is 12.4. The lowest BCUT2D eigenvalue weighted by Gasteiger charge is -2.24. The largest absolute Gasteiger partial charge is 0.495 e. The number of sulfone groups is 1. The van der Waals surface area contributed by atoms with Crippen LogP contribution in [0.25, 0.3) is 0 Å². The van der Waals surface area contributed by atoms with Crippen molar-refractivity contribution >= 4 is 25.8 Å². The van der Waals surface area contributed by atoms with Crippen molar-refractivity contribution in [2.24, 2.45) is 0 Å². The molecule has 1 aliphatic rings. The monoisotopic (exact) mass is 404 g/mol. The SMILES string of the molecule is COc1ccc(C(=O)NC2(C)CCS(=O)(=O)C2)cc1S(=O)(=O)NC(C)C. The number of carbonyl (C=O) groups is 1. The van der Waals surface area contributed by atoms with Crippen molar-refractivity contribution in [3.8, 4) is 5.75 Å². The summed E-state index contributed by atoms with van der Waals surface area (Å²) in [6, 6.07) is 3.74. The first kappa shape index (κ1) is 20.7. The highest BCUT2D eigenvalue weighted by Gasteiger charge is 2.39. The van der Waals surface area contributed by atoms with Gasteiger partial charge in [-0.3, -0.25) is 4.79 Å². The van der Waals surface area contributed by atoms with E-state index < -0.39 is 31.3 Å². The summed E-state index contributed by atoms with van der Waals surface area (Å²) in [5.74, 6) is -0.538. The summed E-state index contributed by atoms with van der Waals surface area (Å²) in [7, 11) is -5.71. The predicted octanol–water partition coefficient (Wildman–Crippen LogP) is 0.689. The smallest absolute Gasteiger partial charge is 0.251 e. The molecule has 0 radical (unpaired) electrons. The summed E-state index contributed by atoms with van der Waals surface area (Å²) in [6.45, 7) is 5.03. The number of methoxy groups -OCH3 is 1. The van der Waals surface area contributed by atoms with Crippen molar-refractivity contribution in [2.75, 3.05) is 18.6 Å². The minimum absolute atomic E-state index is 0.0182. The van der Waals surface area contributed by atoms with Gasteiger partial charge >= 0.3 is 0 Å². The van der Waals surface area contributed by atoms with Gasteiger partial charge in [-0.2, -0.15) is 0 Å². The molecule has 0 aromatic heterocycles. The summed E-state index contributed by atoms with van der Waals surface area (Å²) in [5.41, 5.74) is -0.758. The number of ether oxygens (including phenoxy) is 1. The van der Waals surface area contributed by atoms with Crippen LogP contribution in [0.15, 0.2) is 23.1 Å². The Bertz CT molecular complexity index is 909. The maximum atomic E-state index is 12.6. The van der Waals surface area contributed by atoms with E-state index >= 15 is 0 Å². The molecule has 8 nitrogen and oxygen atoms in total. The molecule has 1 aromatic carbocycles. The van der Waals surface area contributed by atoms with Gasteiger partial charge in [0.1, 0.15) is 10.6 Å². The third kappa shape index (κ3) is 4.74. The van der Waals surface area contributed by atoms with E-state index in [0.29, 0.717) is 6.42 Å². The van der Waals surface area contributed by atoms with Crippen molar-refractivity contribution in [3.63, 3.8) is 0 Å². The van der Waals surface area contributed by atoms with E-state index in [1.807, 2.05) is 0 Å². The fourth-order valence-corrected chi connectivity index (χ4v) is 6.40. The molecular formula is C16H24N2O6S2. The summed E-state index contributed by atoms with van der Waals surface area (Å²) < 4.78 is 55.9. The minimum atomic E-state index is -3.87. The van der Waals surface area contributed by atoms with Gasteiger partial charge < -0.3 is 10.1 Å². The Kier molecular flexibility index (Phi) is 5.69. The Morgan fingerprint density at radius 3 is 2.46 bits per heavy atom. The van der Waals surface area contributed by atoms with E-state index in [9.17, 15) is 21.6 Å². The van der Waals surface area contributed by atoms with Crippen molar-refractivity contribution in [1.82, 2.24) is 10.0 Å². The van der Waals surface area contributed by atoms with E-state index in [0.717, 1.165) is 0 Å². The maximum Gasteiger partial charge on any atom is 0.251 e. The highest BCUT2D eigenvalue weighted by molar-refractivity contribution is 7.91. The number of nitrogens with one attached hydrogen (secondary N) is 2. The molecule has 10 heteroatoms. The predicted molar refractivity (Wildman–Crippen MR) is 97.6 cm³/mol. The normalized spacial score (nSPS) is 22.3. The van der Waals surface area contributed by atoms with Crippen LogP contribution in [-0.2, 0) is 19.9 Å². The molecule has 26 heavy (non-hydrogen) atoms. The number of sulfonamides is 1. The van der Waals surface area contributed by atoms with Crippen LogP contribution < -0.4 is 14.8 Å². The van der Waals surface area contributed by atoms with Gasteiger partial charge in [0.2, 0.25) is 10.0 Å². The van der Waals surface area contributed by atoms with Crippen LogP contribution in [0, 0.1) is 0 Å².